The van der Waals surface area contributed by atoms with Crippen LogP contribution < -0.4 is 0 Å². The summed E-state index contributed by atoms with van der Waals surface area (Å²) in [6.07, 6.45) is 0.728. The molecule has 0 aliphatic carbocycles. The maximum Gasteiger partial charge on any atom is 0.326 e. The highest BCUT2D eigenvalue weighted by atomic mass is 79.9. The summed E-state index contributed by atoms with van der Waals surface area (Å²) in [5.74, 6) is 0.148. The Kier molecular flexibility index (Phi) is 4.94. The van der Waals surface area contributed by atoms with Gasteiger partial charge in [-0.2, -0.15) is 0 Å². The van der Waals surface area contributed by atoms with Gasteiger partial charge in [0.05, 0.1) is 11.0 Å². The molecule has 0 atom stereocenters. The van der Waals surface area contributed by atoms with Gasteiger partial charge in [0, 0.05) is 16.5 Å². The Balaban J connectivity index is 1.73. The minimum Gasteiger partial charge on any atom is -0.459 e. The molecule has 0 amide bonds. The zero-order chi connectivity index (χ0) is 17.1. The minimum atomic E-state index is -0.357. The fourth-order valence-electron chi connectivity index (χ4n) is 2.54. The third-order valence-corrected chi connectivity index (χ3v) is 4.48. The fraction of sp³-hybridized carbons (Fsp3) is 0.222. The average Bonchev–Trinajstić information content (AvgIpc) is 2.92. The van der Waals surface area contributed by atoms with E-state index in [4.69, 9.17) is 4.74 Å². The quantitative estimate of drug-likeness (QED) is 0.611. The van der Waals surface area contributed by atoms with Gasteiger partial charge in [0.25, 0.3) is 0 Å². The number of nitrogens with zero attached hydrogens (tertiary/aromatic N) is 2. The van der Waals surface area contributed by atoms with Crippen LogP contribution in [0.4, 0.5) is 4.39 Å². The number of benzene rings is 2. The Bertz CT molecular complexity index is 892. The second-order valence-electron chi connectivity index (χ2n) is 5.35. The first-order valence-corrected chi connectivity index (χ1v) is 8.41. The number of aryl methyl sites for hydroxylation is 1. The molecule has 24 heavy (non-hydrogen) atoms. The molecule has 0 aliphatic heterocycles. The molecule has 0 unspecified atom stereocenters. The predicted octanol–water partition coefficient (Wildman–Crippen LogP) is 4.24. The van der Waals surface area contributed by atoms with E-state index in [1.165, 1.54) is 12.1 Å². The summed E-state index contributed by atoms with van der Waals surface area (Å²) in [6.45, 7) is 2.19. The van der Waals surface area contributed by atoms with Crippen LogP contribution in [-0.4, -0.2) is 15.5 Å². The standard InChI is InChI=1S/C18H16BrFN2O2/c1-2-17-21-15-5-3-4-6-16(15)22(17)10-18(23)24-11-12-7-8-13(20)9-14(12)19/h3-9H,2,10-11H2,1H3. The third-order valence-electron chi connectivity index (χ3n) is 3.74. The van der Waals surface area contributed by atoms with Gasteiger partial charge in [0.2, 0.25) is 0 Å². The molecule has 6 heteroatoms. The first kappa shape index (κ1) is 16.6. The van der Waals surface area contributed by atoms with Gasteiger partial charge in [0.15, 0.2) is 0 Å². The van der Waals surface area contributed by atoms with Crippen molar-refractivity contribution in [3.8, 4) is 0 Å². The van der Waals surface area contributed by atoms with Crippen LogP contribution in [-0.2, 0) is 29.1 Å². The molecule has 4 nitrogen and oxygen atoms in total. The van der Waals surface area contributed by atoms with E-state index >= 15 is 0 Å². The highest BCUT2D eigenvalue weighted by molar-refractivity contribution is 9.10. The molecule has 0 saturated heterocycles. The first-order valence-electron chi connectivity index (χ1n) is 7.62. The van der Waals surface area contributed by atoms with E-state index in [-0.39, 0.29) is 24.9 Å². The Morgan fingerprint density at radius 1 is 1.29 bits per heavy atom. The number of aromatic nitrogens is 2. The number of para-hydroxylation sites is 2. The molecule has 0 bridgehead atoms. The van der Waals surface area contributed by atoms with Crippen LogP contribution in [0.5, 0.6) is 0 Å². The van der Waals surface area contributed by atoms with E-state index in [1.807, 2.05) is 35.8 Å². The number of halogens is 2. The summed E-state index contributed by atoms with van der Waals surface area (Å²) in [6, 6.07) is 12.0. The normalized spacial score (nSPS) is 11.0. The van der Waals surface area contributed by atoms with Gasteiger partial charge >= 0.3 is 5.97 Å². The average molecular weight is 391 g/mol. The van der Waals surface area contributed by atoms with Crippen LogP contribution >= 0.6 is 15.9 Å². The zero-order valence-corrected chi connectivity index (χ0v) is 14.7. The number of hydrogen-bond donors (Lipinski definition) is 0. The van der Waals surface area contributed by atoms with Crippen molar-refractivity contribution >= 4 is 32.9 Å². The number of carbonyl (C=O) groups is 1. The van der Waals surface area contributed by atoms with Crippen molar-refractivity contribution in [1.82, 2.24) is 9.55 Å². The molecule has 3 aromatic rings. The first-order chi connectivity index (χ1) is 11.6. The van der Waals surface area contributed by atoms with Crippen molar-refractivity contribution < 1.29 is 13.9 Å². The van der Waals surface area contributed by atoms with Crippen LogP contribution in [0.1, 0.15) is 18.3 Å². The number of ether oxygens (including phenoxy) is 1. The second-order valence-corrected chi connectivity index (χ2v) is 6.21. The van der Waals surface area contributed by atoms with E-state index in [9.17, 15) is 9.18 Å². The molecule has 0 spiro atoms. The number of rotatable bonds is 5. The highest BCUT2D eigenvalue weighted by Gasteiger charge is 2.13. The van der Waals surface area contributed by atoms with Crippen LogP contribution in [0.15, 0.2) is 46.9 Å². The summed E-state index contributed by atoms with van der Waals surface area (Å²) < 4.78 is 20.9. The maximum atomic E-state index is 13.1. The highest BCUT2D eigenvalue weighted by Crippen LogP contribution is 2.20. The molecule has 2 aromatic carbocycles. The van der Waals surface area contributed by atoms with E-state index in [1.54, 1.807) is 6.07 Å². The van der Waals surface area contributed by atoms with Gasteiger partial charge < -0.3 is 9.30 Å². The lowest BCUT2D eigenvalue weighted by Gasteiger charge is -2.10. The van der Waals surface area contributed by atoms with Gasteiger partial charge in [-0.05, 0) is 24.3 Å². The third kappa shape index (κ3) is 3.48. The van der Waals surface area contributed by atoms with E-state index in [0.29, 0.717) is 4.47 Å². The van der Waals surface area contributed by atoms with Gasteiger partial charge in [-0.25, -0.2) is 9.37 Å². The van der Waals surface area contributed by atoms with E-state index < -0.39 is 0 Å². The molecule has 1 heterocycles. The number of imidazole rings is 1. The lowest BCUT2D eigenvalue weighted by atomic mass is 10.2. The molecule has 0 aliphatic rings. The summed E-state index contributed by atoms with van der Waals surface area (Å²) in [5, 5.41) is 0. The number of fused-ring (bicyclic) bond motifs is 1. The van der Waals surface area contributed by atoms with E-state index in [2.05, 4.69) is 20.9 Å². The fourth-order valence-corrected chi connectivity index (χ4v) is 3.01. The van der Waals surface area contributed by atoms with Crippen LogP contribution in [0.3, 0.4) is 0 Å². The monoisotopic (exact) mass is 390 g/mol. The summed E-state index contributed by atoms with van der Waals surface area (Å²) in [5.41, 5.74) is 2.49. The van der Waals surface area contributed by atoms with Crippen molar-refractivity contribution in [2.45, 2.75) is 26.5 Å². The molecule has 1 aromatic heterocycles. The lowest BCUT2D eigenvalue weighted by Crippen LogP contribution is -2.15. The predicted molar refractivity (Wildman–Crippen MR) is 93.0 cm³/mol. The molecule has 0 saturated carbocycles. The van der Waals surface area contributed by atoms with Crippen molar-refractivity contribution in [2.24, 2.45) is 0 Å². The lowest BCUT2D eigenvalue weighted by molar-refractivity contribution is -0.145. The molecular weight excluding hydrogens is 375 g/mol. The van der Waals surface area contributed by atoms with E-state index in [0.717, 1.165) is 28.8 Å². The maximum absolute atomic E-state index is 13.1. The number of hydrogen-bond acceptors (Lipinski definition) is 3. The molecule has 3 rings (SSSR count). The minimum absolute atomic E-state index is 0.0911. The summed E-state index contributed by atoms with van der Waals surface area (Å²) in [4.78, 5) is 16.7. The van der Waals surface area contributed by atoms with Crippen molar-refractivity contribution in [2.75, 3.05) is 0 Å². The molecule has 124 valence electrons. The molecule has 0 N–H and O–H groups in total. The Labute approximate surface area is 147 Å². The summed E-state index contributed by atoms with van der Waals surface area (Å²) >= 11 is 3.27. The van der Waals surface area contributed by atoms with Gasteiger partial charge in [-0.1, -0.05) is 41.1 Å². The molecule has 0 radical (unpaired) electrons. The van der Waals surface area contributed by atoms with Crippen molar-refractivity contribution in [1.29, 1.82) is 0 Å². The number of esters is 1. The SMILES string of the molecule is CCc1nc2ccccc2n1CC(=O)OCc1ccc(F)cc1Br. The van der Waals surface area contributed by atoms with Crippen LogP contribution in [0, 0.1) is 5.82 Å². The Morgan fingerprint density at radius 2 is 2.08 bits per heavy atom. The van der Waals surface area contributed by atoms with Crippen molar-refractivity contribution in [3.05, 3.63) is 64.1 Å². The van der Waals surface area contributed by atoms with Crippen molar-refractivity contribution in [3.63, 3.8) is 0 Å². The molecular formula is C18H16BrFN2O2. The second kappa shape index (κ2) is 7.13. The summed E-state index contributed by atoms with van der Waals surface area (Å²) in [7, 11) is 0. The largest absolute Gasteiger partial charge is 0.459 e. The Hall–Kier alpha value is -2.21. The van der Waals surface area contributed by atoms with Gasteiger partial charge in [-0.15, -0.1) is 0 Å². The topological polar surface area (TPSA) is 44.1 Å². The Morgan fingerprint density at radius 3 is 2.83 bits per heavy atom. The van der Waals surface area contributed by atoms with Crippen LogP contribution in [0.2, 0.25) is 0 Å². The van der Waals surface area contributed by atoms with Gasteiger partial charge in [0.1, 0.15) is 24.8 Å². The van der Waals surface area contributed by atoms with Crippen LogP contribution in [0.25, 0.3) is 11.0 Å². The smallest absolute Gasteiger partial charge is 0.326 e. The molecule has 0 fully saturated rings. The number of carbonyl (C=O) groups excluding carboxylic acids is 1. The zero-order valence-electron chi connectivity index (χ0n) is 13.1. The van der Waals surface area contributed by atoms with Gasteiger partial charge in [-0.3, -0.25) is 4.79 Å².